The highest BCUT2D eigenvalue weighted by molar-refractivity contribution is 7.99. The molecule has 0 radical (unpaired) electrons. The highest BCUT2D eigenvalue weighted by atomic mass is 32.2. The molecule has 0 unspecified atom stereocenters. The smallest absolute Gasteiger partial charge is 0.190 e. The van der Waals surface area contributed by atoms with Crippen LogP contribution in [-0.2, 0) is 6.54 Å². The van der Waals surface area contributed by atoms with Crippen LogP contribution in [0.1, 0.15) is 33.0 Å². The SMILES string of the molecule is Cc1cc(N)nc(SCC(=O)c2cc(C)n(Cc3ccccc3)c2C)n1. The van der Waals surface area contributed by atoms with Crippen LogP contribution in [0.3, 0.4) is 0 Å². The number of carbonyl (C=O) groups is 1. The van der Waals surface area contributed by atoms with E-state index in [4.69, 9.17) is 5.73 Å². The summed E-state index contributed by atoms with van der Waals surface area (Å²) in [5, 5.41) is 0.536. The largest absolute Gasteiger partial charge is 0.384 e. The number of ketones is 1. The first-order chi connectivity index (χ1) is 12.4. The fourth-order valence-electron chi connectivity index (χ4n) is 2.93. The Morgan fingerprint density at radius 2 is 1.85 bits per heavy atom. The molecule has 0 aliphatic rings. The molecule has 0 atom stereocenters. The molecule has 5 nitrogen and oxygen atoms in total. The van der Waals surface area contributed by atoms with Crippen molar-refractivity contribution in [2.75, 3.05) is 11.5 Å². The van der Waals surface area contributed by atoms with Gasteiger partial charge in [0.25, 0.3) is 0 Å². The molecule has 0 aliphatic carbocycles. The molecule has 26 heavy (non-hydrogen) atoms. The zero-order chi connectivity index (χ0) is 18.7. The number of hydrogen-bond acceptors (Lipinski definition) is 5. The quantitative estimate of drug-likeness (QED) is 0.408. The van der Waals surface area contributed by atoms with Gasteiger partial charge in [0, 0.05) is 35.3 Å². The Morgan fingerprint density at radius 3 is 2.54 bits per heavy atom. The van der Waals surface area contributed by atoms with Crippen molar-refractivity contribution in [2.24, 2.45) is 0 Å². The molecule has 2 N–H and O–H groups in total. The molecule has 0 saturated heterocycles. The van der Waals surface area contributed by atoms with E-state index in [0.29, 0.717) is 16.7 Å². The van der Waals surface area contributed by atoms with Gasteiger partial charge in [0.2, 0.25) is 0 Å². The summed E-state index contributed by atoms with van der Waals surface area (Å²) in [6, 6.07) is 13.9. The van der Waals surface area contributed by atoms with Crippen LogP contribution in [0, 0.1) is 20.8 Å². The number of nitrogens with zero attached hydrogens (tertiary/aromatic N) is 3. The highest BCUT2D eigenvalue weighted by Gasteiger charge is 2.16. The van der Waals surface area contributed by atoms with E-state index < -0.39 is 0 Å². The first-order valence-electron chi connectivity index (χ1n) is 8.42. The summed E-state index contributed by atoms with van der Waals surface area (Å²) >= 11 is 1.32. The van der Waals surface area contributed by atoms with Crippen LogP contribution in [0.4, 0.5) is 5.82 Å². The fourth-order valence-corrected chi connectivity index (χ4v) is 3.72. The van der Waals surface area contributed by atoms with Gasteiger partial charge in [-0.2, -0.15) is 0 Å². The molecule has 3 aromatic rings. The van der Waals surface area contributed by atoms with Gasteiger partial charge in [0.1, 0.15) is 5.82 Å². The summed E-state index contributed by atoms with van der Waals surface area (Å²) in [5.74, 6) is 0.790. The van der Waals surface area contributed by atoms with E-state index in [-0.39, 0.29) is 5.78 Å². The maximum Gasteiger partial charge on any atom is 0.190 e. The van der Waals surface area contributed by atoms with Crippen LogP contribution in [0.5, 0.6) is 0 Å². The molecule has 0 saturated carbocycles. The molecule has 0 amide bonds. The van der Waals surface area contributed by atoms with Gasteiger partial charge < -0.3 is 10.3 Å². The summed E-state index contributed by atoms with van der Waals surface area (Å²) in [7, 11) is 0. The molecule has 0 fully saturated rings. The Labute approximate surface area is 157 Å². The van der Waals surface area contributed by atoms with E-state index in [2.05, 4.69) is 26.7 Å². The number of aromatic nitrogens is 3. The minimum absolute atomic E-state index is 0.0751. The second-order valence-corrected chi connectivity index (χ2v) is 7.23. The summed E-state index contributed by atoms with van der Waals surface area (Å²) in [5.41, 5.74) is 10.6. The minimum atomic E-state index is 0.0751. The van der Waals surface area contributed by atoms with Crippen LogP contribution >= 0.6 is 11.8 Å². The number of thioether (sulfide) groups is 1. The average molecular weight is 366 g/mol. The van der Waals surface area contributed by atoms with Gasteiger partial charge in [-0.1, -0.05) is 42.1 Å². The van der Waals surface area contributed by atoms with E-state index in [1.807, 2.05) is 45.0 Å². The van der Waals surface area contributed by atoms with Gasteiger partial charge in [0.15, 0.2) is 10.9 Å². The standard InChI is InChI=1S/C20H22N4OS/c1-13-9-19(21)23-20(22-13)26-12-18(25)17-10-14(2)24(15(17)3)11-16-7-5-4-6-8-16/h4-10H,11-12H2,1-3H3,(H2,21,22,23). The predicted molar refractivity (Wildman–Crippen MR) is 106 cm³/mol. The third kappa shape index (κ3) is 4.14. The number of anilines is 1. The first kappa shape index (κ1) is 18.2. The molecular weight excluding hydrogens is 344 g/mol. The van der Waals surface area contributed by atoms with Crippen molar-refractivity contribution in [1.82, 2.24) is 14.5 Å². The number of hydrogen-bond donors (Lipinski definition) is 1. The maximum absolute atomic E-state index is 12.7. The molecule has 0 bridgehead atoms. The Balaban J connectivity index is 1.74. The van der Waals surface area contributed by atoms with Gasteiger partial charge in [-0.3, -0.25) is 4.79 Å². The van der Waals surface area contributed by atoms with E-state index in [1.54, 1.807) is 6.07 Å². The van der Waals surface area contributed by atoms with Gasteiger partial charge >= 0.3 is 0 Å². The molecule has 3 rings (SSSR count). The lowest BCUT2D eigenvalue weighted by molar-refractivity contribution is 0.102. The Hall–Kier alpha value is -2.60. The van der Waals surface area contributed by atoms with Crippen molar-refractivity contribution in [2.45, 2.75) is 32.5 Å². The molecule has 0 spiro atoms. The number of nitrogen functional groups attached to an aromatic ring is 1. The molecule has 2 heterocycles. The number of rotatable bonds is 6. The number of benzene rings is 1. The van der Waals surface area contributed by atoms with Crippen molar-refractivity contribution < 1.29 is 4.79 Å². The molecule has 2 aromatic heterocycles. The van der Waals surface area contributed by atoms with Crippen LogP contribution in [0.15, 0.2) is 47.6 Å². The maximum atomic E-state index is 12.7. The summed E-state index contributed by atoms with van der Waals surface area (Å²) < 4.78 is 2.17. The fraction of sp³-hybridized carbons (Fsp3) is 0.250. The van der Waals surface area contributed by atoms with E-state index in [9.17, 15) is 4.79 Å². The Bertz CT molecular complexity index is 914. The number of Topliss-reactive ketones (excluding diaryl/α,β-unsaturated/α-hetero) is 1. The molecule has 6 heteroatoms. The van der Waals surface area contributed by atoms with Gasteiger partial charge in [-0.05, 0) is 32.4 Å². The first-order valence-corrected chi connectivity index (χ1v) is 9.40. The van der Waals surface area contributed by atoms with Crippen molar-refractivity contribution in [3.8, 4) is 0 Å². The number of carbonyl (C=O) groups excluding carboxylic acids is 1. The molecule has 134 valence electrons. The number of aryl methyl sites for hydroxylation is 2. The third-order valence-electron chi connectivity index (χ3n) is 4.24. The van der Waals surface area contributed by atoms with Gasteiger partial charge in [-0.15, -0.1) is 0 Å². The summed E-state index contributed by atoms with van der Waals surface area (Å²) in [6.07, 6.45) is 0. The van der Waals surface area contributed by atoms with Crippen LogP contribution < -0.4 is 5.73 Å². The van der Waals surface area contributed by atoms with E-state index in [0.717, 1.165) is 29.2 Å². The molecular formula is C20H22N4OS. The van der Waals surface area contributed by atoms with Crippen LogP contribution in [-0.4, -0.2) is 26.1 Å². The monoisotopic (exact) mass is 366 g/mol. The van der Waals surface area contributed by atoms with Gasteiger partial charge in [0.05, 0.1) is 5.75 Å². The summed E-state index contributed by atoms with van der Waals surface area (Å²) in [6.45, 7) is 6.65. The van der Waals surface area contributed by atoms with Crippen molar-refractivity contribution in [1.29, 1.82) is 0 Å². The highest BCUT2D eigenvalue weighted by Crippen LogP contribution is 2.21. The minimum Gasteiger partial charge on any atom is -0.384 e. The molecule has 0 aliphatic heterocycles. The van der Waals surface area contributed by atoms with E-state index in [1.165, 1.54) is 17.3 Å². The predicted octanol–water partition coefficient (Wildman–Crippen LogP) is 3.81. The van der Waals surface area contributed by atoms with Crippen molar-refractivity contribution in [3.05, 3.63) is 70.7 Å². The van der Waals surface area contributed by atoms with Crippen molar-refractivity contribution >= 4 is 23.4 Å². The molecule has 1 aromatic carbocycles. The summed E-state index contributed by atoms with van der Waals surface area (Å²) in [4.78, 5) is 21.2. The zero-order valence-electron chi connectivity index (χ0n) is 15.2. The lowest BCUT2D eigenvalue weighted by atomic mass is 10.2. The lowest BCUT2D eigenvalue weighted by Crippen LogP contribution is -2.08. The second-order valence-electron chi connectivity index (χ2n) is 6.29. The van der Waals surface area contributed by atoms with Gasteiger partial charge in [-0.25, -0.2) is 9.97 Å². The lowest BCUT2D eigenvalue weighted by Gasteiger charge is -2.10. The zero-order valence-corrected chi connectivity index (χ0v) is 16.0. The topological polar surface area (TPSA) is 73.8 Å². The Morgan fingerprint density at radius 1 is 1.12 bits per heavy atom. The average Bonchev–Trinajstić information content (AvgIpc) is 2.88. The van der Waals surface area contributed by atoms with Crippen LogP contribution in [0.25, 0.3) is 0 Å². The van der Waals surface area contributed by atoms with Crippen LogP contribution in [0.2, 0.25) is 0 Å². The van der Waals surface area contributed by atoms with E-state index >= 15 is 0 Å². The Kier molecular flexibility index (Phi) is 5.42. The normalized spacial score (nSPS) is 10.9. The second kappa shape index (κ2) is 7.74. The van der Waals surface area contributed by atoms with Crippen molar-refractivity contribution in [3.63, 3.8) is 0 Å². The third-order valence-corrected chi connectivity index (χ3v) is 5.09. The number of nitrogens with two attached hydrogens (primary N) is 1.